The molecule has 0 amide bonds. The Morgan fingerprint density at radius 1 is 1.32 bits per heavy atom. The highest BCUT2D eigenvalue weighted by Gasteiger charge is 2.17. The number of halogens is 2. The third kappa shape index (κ3) is 4.04. The van der Waals surface area contributed by atoms with Gasteiger partial charge in [0.25, 0.3) is 0 Å². The average molecular weight is 363 g/mol. The summed E-state index contributed by atoms with van der Waals surface area (Å²) in [6.45, 7) is -0.327. The lowest BCUT2D eigenvalue weighted by atomic mass is 10.1. The van der Waals surface area contributed by atoms with Crippen LogP contribution in [-0.4, -0.2) is 31.5 Å². The number of rotatable bonds is 6. The van der Waals surface area contributed by atoms with Crippen molar-refractivity contribution in [2.45, 2.75) is 6.04 Å². The van der Waals surface area contributed by atoms with Gasteiger partial charge in [0.2, 0.25) is 5.95 Å². The number of aliphatic hydroxyl groups is 1. The van der Waals surface area contributed by atoms with Gasteiger partial charge in [-0.2, -0.15) is 10.1 Å². The summed E-state index contributed by atoms with van der Waals surface area (Å²) >= 11 is 6.12. The Bertz CT molecular complexity index is 871. The van der Waals surface area contributed by atoms with Crippen LogP contribution in [0.3, 0.4) is 0 Å². The maximum atomic E-state index is 14.0. The molecule has 0 aliphatic heterocycles. The fraction of sp³-hybridized carbons (Fsp3) is 0.188. The number of hydrogen-bond donors (Lipinski definition) is 3. The van der Waals surface area contributed by atoms with Crippen molar-refractivity contribution in [3.8, 4) is 0 Å². The lowest BCUT2D eigenvalue weighted by molar-refractivity contribution is 0.273. The van der Waals surface area contributed by atoms with E-state index < -0.39 is 11.9 Å². The van der Waals surface area contributed by atoms with E-state index in [1.807, 2.05) is 0 Å². The molecule has 3 rings (SSSR count). The molecule has 2 heterocycles. The van der Waals surface area contributed by atoms with Gasteiger partial charge in [0.15, 0.2) is 5.82 Å². The summed E-state index contributed by atoms with van der Waals surface area (Å²) in [6, 6.07) is 5.50. The third-order valence-electron chi connectivity index (χ3n) is 3.48. The molecule has 0 bridgehead atoms. The molecule has 3 aromatic rings. The first kappa shape index (κ1) is 17.1. The first-order valence-electron chi connectivity index (χ1n) is 7.47. The molecule has 130 valence electrons. The van der Waals surface area contributed by atoms with E-state index >= 15 is 0 Å². The Balaban J connectivity index is 1.83. The highest BCUT2D eigenvalue weighted by Crippen LogP contribution is 2.26. The lowest BCUT2D eigenvalue weighted by Crippen LogP contribution is -2.17. The van der Waals surface area contributed by atoms with Crippen LogP contribution in [0.1, 0.15) is 11.6 Å². The minimum Gasteiger partial charge on any atom is -0.394 e. The van der Waals surface area contributed by atoms with E-state index in [0.717, 1.165) is 0 Å². The number of anilines is 3. The standard InChI is InChI=1S/C16H16ClFN6O/c1-24-8-10(6-20-24)21-16-19-7-12(17)15(23-16)22-14(9-25)11-4-2-3-5-13(11)18/h2-8,14,25H,9H2,1H3,(H2,19,21,22,23)/t14-/m1/s1. The van der Waals surface area contributed by atoms with Crippen molar-refractivity contribution in [3.63, 3.8) is 0 Å². The van der Waals surface area contributed by atoms with Gasteiger partial charge in [-0.25, -0.2) is 9.37 Å². The summed E-state index contributed by atoms with van der Waals surface area (Å²) in [4.78, 5) is 8.38. The van der Waals surface area contributed by atoms with Gasteiger partial charge in [-0.3, -0.25) is 4.68 Å². The molecule has 9 heteroatoms. The number of nitrogens with zero attached hydrogens (tertiary/aromatic N) is 4. The molecule has 0 aliphatic rings. The molecule has 1 atom stereocenters. The van der Waals surface area contributed by atoms with E-state index in [4.69, 9.17) is 11.6 Å². The number of benzene rings is 1. The van der Waals surface area contributed by atoms with Gasteiger partial charge in [0.05, 0.1) is 30.7 Å². The van der Waals surface area contributed by atoms with E-state index in [-0.39, 0.29) is 17.4 Å². The Kier molecular flexibility index (Phi) is 5.11. The van der Waals surface area contributed by atoms with Crippen LogP contribution in [0.4, 0.5) is 21.8 Å². The maximum Gasteiger partial charge on any atom is 0.229 e. The predicted octanol–water partition coefficient (Wildman–Crippen LogP) is 2.89. The zero-order valence-corrected chi connectivity index (χ0v) is 14.1. The molecule has 0 spiro atoms. The van der Waals surface area contributed by atoms with E-state index in [9.17, 15) is 9.50 Å². The van der Waals surface area contributed by atoms with E-state index in [2.05, 4.69) is 25.7 Å². The molecule has 7 nitrogen and oxygen atoms in total. The van der Waals surface area contributed by atoms with Gasteiger partial charge in [-0.1, -0.05) is 29.8 Å². The molecule has 0 fully saturated rings. The summed E-state index contributed by atoms with van der Waals surface area (Å²) in [5.41, 5.74) is 1.03. The normalized spacial score (nSPS) is 12.0. The van der Waals surface area contributed by atoms with Gasteiger partial charge in [-0.05, 0) is 6.07 Å². The van der Waals surface area contributed by atoms with E-state index in [1.54, 1.807) is 42.3 Å². The zero-order chi connectivity index (χ0) is 17.8. The fourth-order valence-electron chi connectivity index (χ4n) is 2.29. The summed E-state index contributed by atoms with van der Waals surface area (Å²) in [5.74, 6) is 0.156. The topological polar surface area (TPSA) is 87.9 Å². The Morgan fingerprint density at radius 3 is 2.80 bits per heavy atom. The molecule has 1 aromatic carbocycles. The van der Waals surface area contributed by atoms with Crippen LogP contribution in [0.25, 0.3) is 0 Å². The van der Waals surface area contributed by atoms with Crippen LogP contribution in [0, 0.1) is 5.82 Å². The van der Waals surface area contributed by atoms with Crippen molar-refractivity contribution in [2.75, 3.05) is 17.2 Å². The molecule has 0 unspecified atom stereocenters. The largest absolute Gasteiger partial charge is 0.394 e. The summed E-state index contributed by atoms with van der Waals surface area (Å²) in [5, 5.41) is 19.9. The summed E-state index contributed by atoms with van der Waals surface area (Å²) in [7, 11) is 1.79. The fourth-order valence-corrected chi connectivity index (χ4v) is 2.43. The van der Waals surface area contributed by atoms with Crippen LogP contribution in [0.15, 0.2) is 42.9 Å². The minimum absolute atomic E-state index is 0.256. The third-order valence-corrected chi connectivity index (χ3v) is 3.76. The quantitative estimate of drug-likeness (QED) is 0.625. The molecule has 0 aliphatic carbocycles. The molecule has 3 N–H and O–H groups in total. The summed E-state index contributed by atoms with van der Waals surface area (Å²) < 4.78 is 15.6. The molecule has 0 saturated carbocycles. The molecular weight excluding hydrogens is 347 g/mol. The second kappa shape index (κ2) is 7.45. The number of hydrogen-bond acceptors (Lipinski definition) is 6. The van der Waals surface area contributed by atoms with Crippen LogP contribution in [0.2, 0.25) is 5.02 Å². The smallest absolute Gasteiger partial charge is 0.229 e. The molecular formula is C16H16ClFN6O. The average Bonchev–Trinajstić information content (AvgIpc) is 3.01. The Morgan fingerprint density at radius 2 is 2.12 bits per heavy atom. The van der Waals surface area contributed by atoms with Crippen molar-refractivity contribution in [3.05, 3.63) is 59.3 Å². The van der Waals surface area contributed by atoms with Crippen LogP contribution < -0.4 is 10.6 Å². The highest BCUT2D eigenvalue weighted by atomic mass is 35.5. The van der Waals surface area contributed by atoms with Crippen LogP contribution in [0.5, 0.6) is 0 Å². The van der Waals surface area contributed by atoms with Crippen molar-refractivity contribution < 1.29 is 9.50 Å². The monoisotopic (exact) mass is 362 g/mol. The molecule has 0 saturated heterocycles. The number of aryl methyl sites for hydroxylation is 1. The number of aliphatic hydroxyl groups excluding tert-OH is 1. The first-order chi connectivity index (χ1) is 12.1. The minimum atomic E-state index is -0.695. The van der Waals surface area contributed by atoms with Gasteiger partial charge < -0.3 is 15.7 Å². The van der Waals surface area contributed by atoms with Crippen LogP contribution >= 0.6 is 11.6 Å². The first-order valence-corrected chi connectivity index (χ1v) is 7.84. The second-order valence-electron chi connectivity index (χ2n) is 5.32. The van der Waals surface area contributed by atoms with Crippen LogP contribution in [-0.2, 0) is 7.05 Å². The zero-order valence-electron chi connectivity index (χ0n) is 13.3. The van der Waals surface area contributed by atoms with Gasteiger partial charge in [0, 0.05) is 18.8 Å². The van der Waals surface area contributed by atoms with Gasteiger partial charge in [-0.15, -0.1) is 0 Å². The molecule has 0 radical (unpaired) electrons. The van der Waals surface area contributed by atoms with E-state index in [0.29, 0.717) is 17.2 Å². The second-order valence-corrected chi connectivity index (χ2v) is 5.73. The maximum absolute atomic E-state index is 14.0. The van der Waals surface area contributed by atoms with Crippen molar-refractivity contribution in [2.24, 2.45) is 7.05 Å². The van der Waals surface area contributed by atoms with Crippen molar-refractivity contribution >= 4 is 29.1 Å². The summed E-state index contributed by atoms with van der Waals surface area (Å²) in [6.07, 6.45) is 4.81. The Hall–Kier alpha value is -2.71. The number of aromatic nitrogens is 4. The predicted molar refractivity (Wildman–Crippen MR) is 93.4 cm³/mol. The lowest BCUT2D eigenvalue weighted by Gasteiger charge is -2.19. The molecule has 25 heavy (non-hydrogen) atoms. The SMILES string of the molecule is Cn1cc(Nc2ncc(Cl)c(N[C@H](CO)c3ccccc3F)n2)cn1. The van der Waals surface area contributed by atoms with Gasteiger partial charge >= 0.3 is 0 Å². The van der Waals surface area contributed by atoms with Crippen molar-refractivity contribution in [1.29, 1.82) is 0 Å². The van der Waals surface area contributed by atoms with E-state index in [1.165, 1.54) is 12.3 Å². The highest BCUT2D eigenvalue weighted by molar-refractivity contribution is 6.32. The van der Waals surface area contributed by atoms with Crippen molar-refractivity contribution in [1.82, 2.24) is 19.7 Å². The number of nitrogens with one attached hydrogen (secondary N) is 2. The molecule has 2 aromatic heterocycles. The Labute approximate surface area is 148 Å². The van der Waals surface area contributed by atoms with Gasteiger partial charge in [0.1, 0.15) is 10.8 Å².